The van der Waals surface area contributed by atoms with Crippen molar-refractivity contribution < 1.29 is 4.57 Å². The standard InChI is InChI=1S/C12H18B2OS/c1-5-10-6-8-11(9-7-10)13-15-14-16-12(2,3)4/h5-9,13-14H,1H2,2-4H3. The molecule has 0 bridgehead atoms. The lowest BCUT2D eigenvalue weighted by Gasteiger charge is -2.16. The van der Waals surface area contributed by atoms with Crippen molar-refractivity contribution in [2.24, 2.45) is 0 Å². The van der Waals surface area contributed by atoms with E-state index in [1.165, 1.54) is 5.46 Å². The molecule has 0 fully saturated rings. The van der Waals surface area contributed by atoms with E-state index in [9.17, 15) is 0 Å². The van der Waals surface area contributed by atoms with Gasteiger partial charge < -0.3 is 4.57 Å². The predicted molar refractivity (Wildman–Crippen MR) is 78.9 cm³/mol. The Balaban J connectivity index is 2.29. The fraction of sp³-hybridized carbons (Fsp3) is 0.333. The van der Waals surface area contributed by atoms with Crippen molar-refractivity contribution in [3.05, 3.63) is 36.4 Å². The van der Waals surface area contributed by atoms with Crippen LogP contribution >= 0.6 is 11.6 Å². The SMILES string of the molecule is C=Cc1ccc(BOBSC(C)(C)C)cc1. The largest absolute Gasteiger partial charge is 0.492 e. The quantitative estimate of drug-likeness (QED) is 0.568. The summed E-state index contributed by atoms with van der Waals surface area (Å²) in [4.78, 5) is 0. The van der Waals surface area contributed by atoms with Crippen LogP contribution in [0.5, 0.6) is 0 Å². The molecular formula is C12H18B2OS. The molecule has 0 amide bonds. The molecular weight excluding hydrogens is 214 g/mol. The fourth-order valence-electron chi connectivity index (χ4n) is 1.13. The zero-order valence-corrected chi connectivity index (χ0v) is 11.1. The van der Waals surface area contributed by atoms with Gasteiger partial charge >= 0.3 is 6.76 Å². The van der Waals surface area contributed by atoms with Gasteiger partial charge in [-0.3, -0.25) is 0 Å². The summed E-state index contributed by atoms with van der Waals surface area (Å²) in [6.45, 7) is 11.1. The van der Waals surface area contributed by atoms with Gasteiger partial charge in [-0.15, -0.1) is 0 Å². The first-order valence-electron chi connectivity index (χ1n) is 5.44. The van der Waals surface area contributed by atoms with Gasteiger partial charge in [-0.2, -0.15) is 11.6 Å². The minimum Gasteiger partial charge on any atom is -0.492 e. The molecule has 16 heavy (non-hydrogen) atoms. The molecule has 0 radical (unpaired) electrons. The summed E-state index contributed by atoms with van der Waals surface area (Å²) >= 11 is 1.82. The van der Waals surface area contributed by atoms with E-state index in [2.05, 4.69) is 51.6 Å². The van der Waals surface area contributed by atoms with Crippen LogP contribution in [-0.2, 0) is 4.57 Å². The molecule has 0 N–H and O–H groups in total. The van der Waals surface area contributed by atoms with Gasteiger partial charge in [0.1, 0.15) is 0 Å². The molecule has 0 unspecified atom stereocenters. The summed E-state index contributed by atoms with van der Waals surface area (Å²) in [7, 11) is 0.681. The maximum absolute atomic E-state index is 5.61. The Hall–Kier alpha value is -0.600. The van der Waals surface area contributed by atoms with E-state index >= 15 is 0 Å². The highest BCUT2D eigenvalue weighted by Crippen LogP contribution is 2.20. The summed E-state index contributed by atoms with van der Waals surface area (Å²) in [5, 5.41) is 0. The zero-order chi connectivity index (χ0) is 12.0. The Kier molecular flexibility index (Phi) is 5.23. The van der Waals surface area contributed by atoms with Gasteiger partial charge in [-0.05, 0) is 10.3 Å². The van der Waals surface area contributed by atoms with Gasteiger partial charge in [0.15, 0.2) is 0 Å². The first-order valence-corrected chi connectivity index (χ1v) is 6.43. The number of hydrogen-bond donors (Lipinski definition) is 0. The average molecular weight is 232 g/mol. The molecule has 0 aromatic heterocycles. The second-order valence-electron chi connectivity index (χ2n) is 4.67. The van der Waals surface area contributed by atoms with Crippen LogP contribution in [0.2, 0.25) is 0 Å². The molecule has 1 aromatic rings. The maximum Gasteiger partial charge on any atom is 0.327 e. The molecule has 4 heteroatoms. The molecule has 1 aromatic carbocycles. The highest BCUT2D eigenvalue weighted by molar-refractivity contribution is 8.22. The van der Waals surface area contributed by atoms with Gasteiger partial charge in [-0.1, -0.05) is 63.2 Å². The highest BCUT2D eigenvalue weighted by Gasteiger charge is 2.11. The van der Waals surface area contributed by atoms with Crippen molar-refractivity contribution in [1.29, 1.82) is 0 Å². The van der Waals surface area contributed by atoms with E-state index in [0.29, 0.717) is 7.48 Å². The molecule has 0 atom stereocenters. The lowest BCUT2D eigenvalue weighted by atomic mass is 9.87. The van der Waals surface area contributed by atoms with Gasteiger partial charge in [0, 0.05) is 0 Å². The molecule has 84 valence electrons. The van der Waals surface area contributed by atoms with Crippen LogP contribution in [0.1, 0.15) is 26.3 Å². The second kappa shape index (κ2) is 6.21. The molecule has 0 aliphatic heterocycles. The Morgan fingerprint density at radius 1 is 1.25 bits per heavy atom. The summed E-state index contributed by atoms with van der Waals surface area (Å²) in [5.74, 6) is 0. The van der Waals surface area contributed by atoms with E-state index in [1.807, 2.05) is 17.7 Å². The lowest BCUT2D eigenvalue weighted by molar-refractivity contribution is 0.668. The minimum absolute atomic E-state index is 0.271. The monoisotopic (exact) mass is 232 g/mol. The Morgan fingerprint density at radius 2 is 1.88 bits per heavy atom. The molecule has 0 saturated carbocycles. The Morgan fingerprint density at radius 3 is 2.38 bits per heavy atom. The third-order valence-electron chi connectivity index (χ3n) is 2.06. The zero-order valence-electron chi connectivity index (χ0n) is 10.3. The van der Waals surface area contributed by atoms with Crippen LogP contribution in [-0.4, -0.2) is 19.0 Å². The summed E-state index contributed by atoms with van der Waals surface area (Å²) in [5.41, 5.74) is 2.35. The van der Waals surface area contributed by atoms with Crippen molar-refractivity contribution in [3.8, 4) is 0 Å². The van der Waals surface area contributed by atoms with E-state index in [0.717, 1.165) is 12.3 Å². The van der Waals surface area contributed by atoms with Crippen molar-refractivity contribution >= 4 is 37.4 Å². The van der Waals surface area contributed by atoms with E-state index in [4.69, 9.17) is 4.57 Å². The third-order valence-corrected chi connectivity index (χ3v) is 3.21. The van der Waals surface area contributed by atoms with Crippen LogP contribution in [0.15, 0.2) is 30.8 Å². The summed E-state index contributed by atoms with van der Waals surface area (Å²) < 4.78 is 5.88. The van der Waals surface area contributed by atoms with Crippen LogP contribution in [0.4, 0.5) is 0 Å². The summed E-state index contributed by atoms with van der Waals surface area (Å²) in [6.07, 6.45) is 1.85. The number of rotatable bonds is 5. The van der Waals surface area contributed by atoms with Crippen LogP contribution in [0, 0.1) is 0 Å². The van der Waals surface area contributed by atoms with Crippen molar-refractivity contribution in [1.82, 2.24) is 0 Å². The van der Waals surface area contributed by atoms with Gasteiger partial charge in [0.25, 0.3) is 7.48 Å². The van der Waals surface area contributed by atoms with E-state index in [1.54, 1.807) is 0 Å². The Labute approximate surface area is 104 Å². The smallest absolute Gasteiger partial charge is 0.327 e. The molecule has 0 spiro atoms. The third kappa shape index (κ3) is 5.47. The highest BCUT2D eigenvalue weighted by atomic mass is 32.2. The van der Waals surface area contributed by atoms with Crippen LogP contribution in [0.3, 0.4) is 0 Å². The van der Waals surface area contributed by atoms with Gasteiger partial charge in [0.05, 0.1) is 0 Å². The van der Waals surface area contributed by atoms with Crippen molar-refractivity contribution in [3.63, 3.8) is 0 Å². The van der Waals surface area contributed by atoms with E-state index in [-0.39, 0.29) is 4.75 Å². The van der Waals surface area contributed by atoms with Gasteiger partial charge in [-0.25, -0.2) is 0 Å². The molecule has 0 aliphatic rings. The minimum atomic E-state index is 0.271. The van der Waals surface area contributed by atoms with E-state index < -0.39 is 0 Å². The first-order chi connectivity index (χ1) is 7.51. The lowest BCUT2D eigenvalue weighted by Crippen LogP contribution is -2.20. The topological polar surface area (TPSA) is 9.23 Å². The van der Waals surface area contributed by atoms with Gasteiger partial charge in [0.2, 0.25) is 0 Å². The van der Waals surface area contributed by atoms with Crippen molar-refractivity contribution in [2.75, 3.05) is 0 Å². The second-order valence-corrected chi connectivity index (χ2v) is 6.42. The van der Waals surface area contributed by atoms with Crippen LogP contribution < -0.4 is 5.46 Å². The number of hydrogen-bond acceptors (Lipinski definition) is 2. The molecule has 0 saturated heterocycles. The Bertz CT molecular complexity index is 330. The van der Waals surface area contributed by atoms with Crippen molar-refractivity contribution in [2.45, 2.75) is 25.5 Å². The van der Waals surface area contributed by atoms with Crippen LogP contribution in [0.25, 0.3) is 6.08 Å². The molecule has 1 nitrogen and oxygen atoms in total. The summed E-state index contributed by atoms with van der Waals surface area (Å²) in [6, 6.07) is 8.28. The molecule has 1 rings (SSSR count). The molecule has 0 heterocycles. The number of benzene rings is 1. The first kappa shape index (κ1) is 13.5. The maximum atomic E-state index is 5.61. The average Bonchev–Trinajstić information content (AvgIpc) is 2.24. The molecule has 0 aliphatic carbocycles. The fourth-order valence-corrected chi connectivity index (χ4v) is 1.65. The normalized spacial score (nSPS) is 10.9. The predicted octanol–water partition coefficient (Wildman–Crippen LogP) is 2.12.